The van der Waals surface area contributed by atoms with Crippen molar-refractivity contribution in [2.24, 2.45) is 0 Å². The van der Waals surface area contributed by atoms with Crippen molar-refractivity contribution in [1.82, 2.24) is 20.1 Å². The van der Waals surface area contributed by atoms with Crippen molar-refractivity contribution in [2.45, 2.75) is 69.2 Å². The van der Waals surface area contributed by atoms with E-state index < -0.39 is 11.9 Å². The number of pyridine rings is 1. The molecule has 4 heterocycles. The zero-order valence-electron chi connectivity index (χ0n) is 20.0. The van der Waals surface area contributed by atoms with Gasteiger partial charge in [-0.05, 0) is 61.1 Å². The summed E-state index contributed by atoms with van der Waals surface area (Å²) in [7, 11) is 0. The van der Waals surface area contributed by atoms with Crippen LogP contribution in [0.15, 0.2) is 36.7 Å². The molecule has 0 radical (unpaired) electrons. The molecule has 0 bridgehead atoms. The molecule has 0 unspecified atom stereocenters. The minimum absolute atomic E-state index is 0.0917. The second-order valence-corrected chi connectivity index (χ2v) is 10.7. The summed E-state index contributed by atoms with van der Waals surface area (Å²) in [5.41, 5.74) is 2.64. The fourth-order valence-electron chi connectivity index (χ4n) is 6.13. The van der Waals surface area contributed by atoms with Gasteiger partial charge in [-0.2, -0.15) is 0 Å². The fraction of sp³-hybridized carbons (Fsp3) is 0.481. The van der Waals surface area contributed by atoms with Crippen molar-refractivity contribution in [2.75, 3.05) is 13.1 Å². The average Bonchev–Trinajstić information content (AvgIpc) is 3.16. The van der Waals surface area contributed by atoms with Crippen molar-refractivity contribution in [3.8, 4) is 5.75 Å². The maximum absolute atomic E-state index is 13.0. The Morgan fingerprint density at radius 1 is 1.06 bits per heavy atom. The highest BCUT2D eigenvalue weighted by Gasteiger charge is 2.41. The number of halogens is 1. The normalized spacial score (nSPS) is 27.0. The molecule has 1 N–H and O–H groups in total. The third-order valence-electron chi connectivity index (χ3n) is 8.07. The highest BCUT2D eigenvalue weighted by molar-refractivity contribution is 6.31. The van der Waals surface area contributed by atoms with Crippen LogP contribution in [-0.2, 0) is 16.1 Å². The molecule has 36 heavy (non-hydrogen) atoms. The number of imide groups is 1. The maximum Gasteiger partial charge on any atom is 0.255 e. The van der Waals surface area contributed by atoms with Gasteiger partial charge in [0.15, 0.2) is 0 Å². The van der Waals surface area contributed by atoms with Gasteiger partial charge in [0.05, 0.1) is 5.02 Å². The molecule has 0 spiro atoms. The van der Waals surface area contributed by atoms with E-state index in [1.807, 2.05) is 24.3 Å². The van der Waals surface area contributed by atoms with Crippen LogP contribution in [0.5, 0.6) is 5.75 Å². The number of likely N-dealkylation sites (tertiary alicyclic amines) is 1. The topological polar surface area (TPSA) is 91.8 Å². The Morgan fingerprint density at radius 2 is 1.89 bits per heavy atom. The largest absolute Gasteiger partial charge is 0.489 e. The Bertz CT molecular complexity index is 1210. The summed E-state index contributed by atoms with van der Waals surface area (Å²) in [4.78, 5) is 45.0. The van der Waals surface area contributed by atoms with Gasteiger partial charge in [0.25, 0.3) is 5.91 Å². The smallest absolute Gasteiger partial charge is 0.255 e. The number of ether oxygens (including phenoxy) is 1. The lowest BCUT2D eigenvalue weighted by atomic mass is 9.84. The molecule has 4 aliphatic rings. The Labute approximate surface area is 214 Å². The second-order valence-electron chi connectivity index (χ2n) is 10.3. The van der Waals surface area contributed by atoms with Gasteiger partial charge in [-0.3, -0.25) is 29.6 Å². The lowest BCUT2D eigenvalue weighted by Gasteiger charge is -2.48. The summed E-state index contributed by atoms with van der Waals surface area (Å²) in [5.74, 6) is 0.346. The predicted octanol–water partition coefficient (Wildman–Crippen LogP) is 3.29. The lowest BCUT2D eigenvalue weighted by Crippen LogP contribution is -2.57. The summed E-state index contributed by atoms with van der Waals surface area (Å²) < 4.78 is 6.53. The number of carbonyl (C=O) groups excluding carboxylic acids is 3. The first-order chi connectivity index (χ1) is 17.5. The molecule has 9 heteroatoms. The van der Waals surface area contributed by atoms with Gasteiger partial charge in [-0.25, -0.2) is 0 Å². The number of nitrogens with zero attached hydrogens (tertiary/aromatic N) is 3. The number of hydrogen-bond acceptors (Lipinski definition) is 6. The number of rotatable bonds is 5. The predicted molar refractivity (Wildman–Crippen MR) is 133 cm³/mol. The van der Waals surface area contributed by atoms with E-state index in [1.165, 1.54) is 12.0 Å². The van der Waals surface area contributed by atoms with Crippen molar-refractivity contribution in [3.05, 3.63) is 58.4 Å². The first-order valence-corrected chi connectivity index (χ1v) is 13.1. The van der Waals surface area contributed by atoms with Gasteiger partial charge in [-0.1, -0.05) is 18.0 Å². The SMILES string of the molecule is O=C1CC[C@H](N2Cc3cc(O[C@H]4CCCC[C@@H]4N4CC(c5ccncc5Cl)C4)ccc3C2=O)C(=O)N1. The zero-order chi connectivity index (χ0) is 24.8. The van der Waals surface area contributed by atoms with E-state index in [0.29, 0.717) is 30.5 Å². The molecule has 3 aliphatic heterocycles. The Balaban J connectivity index is 1.12. The van der Waals surface area contributed by atoms with Gasteiger partial charge >= 0.3 is 0 Å². The monoisotopic (exact) mass is 508 g/mol. The molecule has 6 rings (SSSR count). The molecule has 3 amide bonds. The first kappa shape index (κ1) is 23.4. The lowest BCUT2D eigenvalue weighted by molar-refractivity contribution is -0.136. The van der Waals surface area contributed by atoms with E-state index in [0.717, 1.165) is 48.7 Å². The molecule has 8 nitrogen and oxygen atoms in total. The molecule has 3 atom stereocenters. The molecule has 2 saturated heterocycles. The number of aromatic nitrogens is 1. The van der Waals surface area contributed by atoms with Crippen molar-refractivity contribution >= 4 is 29.3 Å². The number of piperidine rings is 1. The molecular weight excluding hydrogens is 480 g/mol. The Hall–Kier alpha value is -2.97. The molecule has 1 aromatic heterocycles. The molecule has 188 valence electrons. The van der Waals surface area contributed by atoms with Crippen LogP contribution in [0.4, 0.5) is 0 Å². The number of benzene rings is 1. The van der Waals surface area contributed by atoms with Crippen LogP contribution in [0, 0.1) is 0 Å². The average molecular weight is 509 g/mol. The highest BCUT2D eigenvalue weighted by Crippen LogP contribution is 2.38. The quantitative estimate of drug-likeness (QED) is 0.623. The van der Waals surface area contributed by atoms with Gasteiger partial charge in [0.2, 0.25) is 11.8 Å². The summed E-state index contributed by atoms with van der Waals surface area (Å²) in [6.45, 7) is 2.29. The fourth-order valence-corrected chi connectivity index (χ4v) is 6.40. The zero-order valence-corrected chi connectivity index (χ0v) is 20.7. The van der Waals surface area contributed by atoms with Gasteiger partial charge in [-0.15, -0.1) is 0 Å². The van der Waals surface area contributed by atoms with E-state index in [9.17, 15) is 14.4 Å². The van der Waals surface area contributed by atoms with Crippen molar-refractivity contribution < 1.29 is 19.1 Å². The van der Waals surface area contributed by atoms with E-state index in [2.05, 4.69) is 15.2 Å². The summed E-state index contributed by atoms with van der Waals surface area (Å²) in [6.07, 6.45) is 8.66. The summed E-state index contributed by atoms with van der Waals surface area (Å²) in [5, 5.41) is 3.08. The van der Waals surface area contributed by atoms with Gasteiger partial charge in [0, 0.05) is 56.0 Å². The van der Waals surface area contributed by atoms with Crippen LogP contribution in [0.25, 0.3) is 0 Å². The number of fused-ring (bicyclic) bond motifs is 1. The van der Waals surface area contributed by atoms with Gasteiger partial charge in [0.1, 0.15) is 17.9 Å². The Morgan fingerprint density at radius 3 is 2.69 bits per heavy atom. The minimum atomic E-state index is -0.608. The molecule has 1 saturated carbocycles. The Kier molecular flexibility index (Phi) is 6.17. The molecule has 1 aromatic carbocycles. The van der Waals surface area contributed by atoms with Crippen molar-refractivity contribution in [1.29, 1.82) is 0 Å². The van der Waals surface area contributed by atoms with E-state index in [-0.39, 0.29) is 24.3 Å². The second kappa shape index (κ2) is 9.48. The minimum Gasteiger partial charge on any atom is -0.489 e. The summed E-state index contributed by atoms with van der Waals surface area (Å²) >= 11 is 6.36. The third-order valence-corrected chi connectivity index (χ3v) is 8.39. The molecule has 1 aliphatic carbocycles. The number of amides is 3. The summed E-state index contributed by atoms with van der Waals surface area (Å²) in [6, 6.07) is 7.38. The van der Waals surface area contributed by atoms with E-state index >= 15 is 0 Å². The van der Waals surface area contributed by atoms with Crippen LogP contribution >= 0.6 is 11.6 Å². The molecule has 2 aromatic rings. The third kappa shape index (κ3) is 4.26. The van der Waals surface area contributed by atoms with Crippen molar-refractivity contribution in [3.63, 3.8) is 0 Å². The number of nitrogens with one attached hydrogen (secondary N) is 1. The van der Waals surface area contributed by atoms with Crippen LogP contribution in [-0.4, -0.2) is 63.8 Å². The van der Waals surface area contributed by atoms with Crippen LogP contribution in [0.2, 0.25) is 5.02 Å². The number of hydrogen-bond donors (Lipinski definition) is 1. The first-order valence-electron chi connectivity index (χ1n) is 12.8. The standard InChI is InChI=1S/C27H29ClN4O4/c28-21-12-29-10-9-19(21)17-13-31(14-17)22-3-1-2-4-24(22)36-18-5-6-20-16(11-18)15-32(27(20)35)23-7-8-25(33)30-26(23)34/h5-6,9-12,17,22-24H,1-4,7-8,13-15H2,(H,30,33,34)/t22-,23-,24-/m0/s1. The van der Waals surface area contributed by atoms with Crippen LogP contribution < -0.4 is 10.1 Å². The van der Waals surface area contributed by atoms with Gasteiger partial charge < -0.3 is 9.64 Å². The van der Waals surface area contributed by atoms with E-state index in [4.69, 9.17) is 16.3 Å². The van der Waals surface area contributed by atoms with E-state index in [1.54, 1.807) is 17.3 Å². The number of carbonyl (C=O) groups is 3. The highest BCUT2D eigenvalue weighted by atomic mass is 35.5. The molecular formula is C27H29ClN4O4. The molecule has 3 fully saturated rings. The van der Waals surface area contributed by atoms with Crippen LogP contribution in [0.3, 0.4) is 0 Å². The van der Waals surface area contributed by atoms with Crippen LogP contribution in [0.1, 0.15) is 65.9 Å². The maximum atomic E-state index is 13.0.